The molecule has 2 aromatic carbocycles. The van der Waals surface area contributed by atoms with Gasteiger partial charge in [-0.25, -0.2) is 13.1 Å². The van der Waals surface area contributed by atoms with Crippen LogP contribution in [0, 0.1) is 6.92 Å². The van der Waals surface area contributed by atoms with E-state index in [-0.39, 0.29) is 4.90 Å². The van der Waals surface area contributed by atoms with E-state index in [4.69, 9.17) is 16.3 Å². The molecule has 1 N–H and O–H groups in total. The molecular formula is C16H18ClNO3S. The molecule has 0 saturated carbocycles. The molecule has 118 valence electrons. The highest BCUT2D eigenvalue weighted by Crippen LogP contribution is 2.24. The van der Waals surface area contributed by atoms with Crippen molar-refractivity contribution in [1.29, 1.82) is 0 Å². The highest BCUT2D eigenvalue weighted by molar-refractivity contribution is 7.89. The number of nitrogens with one attached hydrogen (secondary N) is 1. The van der Waals surface area contributed by atoms with Crippen LogP contribution in [-0.4, -0.2) is 22.1 Å². The van der Waals surface area contributed by atoms with Crippen molar-refractivity contribution in [1.82, 2.24) is 4.72 Å². The lowest BCUT2D eigenvalue weighted by atomic mass is 10.2. The molecular weight excluding hydrogens is 322 g/mol. The molecule has 0 spiro atoms. The largest absolute Gasteiger partial charge is 0.495 e. The maximum atomic E-state index is 12.4. The fourth-order valence-electron chi connectivity index (χ4n) is 2.09. The quantitative estimate of drug-likeness (QED) is 0.879. The maximum Gasteiger partial charge on any atom is 0.244 e. The van der Waals surface area contributed by atoms with Crippen molar-refractivity contribution in [2.75, 3.05) is 13.7 Å². The van der Waals surface area contributed by atoms with Gasteiger partial charge in [0.25, 0.3) is 0 Å². The molecule has 2 aromatic rings. The first-order valence-corrected chi connectivity index (χ1v) is 8.67. The molecule has 0 radical (unpaired) electrons. The Bertz CT molecular complexity index is 760. The van der Waals surface area contributed by atoms with Crippen LogP contribution in [0.4, 0.5) is 0 Å². The summed E-state index contributed by atoms with van der Waals surface area (Å²) in [5.74, 6) is 0.334. The number of rotatable bonds is 6. The molecule has 0 unspecified atom stereocenters. The van der Waals surface area contributed by atoms with Gasteiger partial charge in [0.05, 0.1) is 7.11 Å². The van der Waals surface area contributed by atoms with E-state index in [2.05, 4.69) is 4.72 Å². The zero-order valence-corrected chi connectivity index (χ0v) is 14.0. The van der Waals surface area contributed by atoms with Gasteiger partial charge < -0.3 is 4.74 Å². The van der Waals surface area contributed by atoms with E-state index in [0.29, 0.717) is 23.7 Å². The van der Waals surface area contributed by atoms with E-state index in [9.17, 15) is 8.42 Å². The first-order chi connectivity index (χ1) is 10.4. The van der Waals surface area contributed by atoms with Gasteiger partial charge in [-0.3, -0.25) is 0 Å². The predicted octanol–water partition coefficient (Wildman–Crippen LogP) is 3.18. The SMILES string of the molecule is COc1ccc(C)cc1S(=O)(=O)NCCc1cccc(Cl)c1. The standard InChI is InChI=1S/C16H18ClNO3S/c1-12-6-7-15(21-2)16(10-12)22(19,20)18-9-8-13-4-3-5-14(17)11-13/h3-7,10-11,18H,8-9H2,1-2H3. The Morgan fingerprint density at radius 2 is 1.95 bits per heavy atom. The molecule has 0 aliphatic heterocycles. The zero-order valence-electron chi connectivity index (χ0n) is 12.5. The summed E-state index contributed by atoms with van der Waals surface area (Å²) in [5.41, 5.74) is 1.84. The normalized spacial score (nSPS) is 11.4. The van der Waals surface area contributed by atoms with Gasteiger partial charge >= 0.3 is 0 Å². The summed E-state index contributed by atoms with van der Waals surface area (Å²) >= 11 is 5.91. The minimum Gasteiger partial charge on any atom is -0.495 e. The van der Waals surface area contributed by atoms with Crippen LogP contribution in [0.15, 0.2) is 47.4 Å². The molecule has 22 heavy (non-hydrogen) atoms. The molecule has 0 fully saturated rings. The van der Waals surface area contributed by atoms with E-state index in [0.717, 1.165) is 11.1 Å². The molecule has 6 heteroatoms. The number of hydrogen-bond donors (Lipinski definition) is 1. The van der Waals surface area contributed by atoms with Crippen LogP contribution in [0.2, 0.25) is 5.02 Å². The summed E-state index contributed by atoms with van der Waals surface area (Å²) in [6.07, 6.45) is 0.563. The third kappa shape index (κ3) is 4.22. The molecule has 0 aliphatic carbocycles. The van der Waals surface area contributed by atoms with Gasteiger partial charge in [-0.05, 0) is 48.7 Å². The van der Waals surface area contributed by atoms with Gasteiger partial charge in [0.1, 0.15) is 10.6 Å². The monoisotopic (exact) mass is 339 g/mol. The Hall–Kier alpha value is -1.56. The van der Waals surface area contributed by atoms with Crippen LogP contribution in [-0.2, 0) is 16.4 Å². The number of aryl methyl sites for hydroxylation is 1. The fourth-order valence-corrected chi connectivity index (χ4v) is 3.59. The molecule has 0 amide bonds. The lowest BCUT2D eigenvalue weighted by Crippen LogP contribution is -2.26. The lowest BCUT2D eigenvalue weighted by Gasteiger charge is -2.11. The van der Waals surface area contributed by atoms with Crippen LogP contribution in [0.25, 0.3) is 0 Å². The first kappa shape index (κ1) is 16.8. The second-order valence-electron chi connectivity index (χ2n) is 4.93. The molecule has 0 aliphatic rings. The van der Waals surface area contributed by atoms with Crippen molar-refractivity contribution in [3.63, 3.8) is 0 Å². The van der Waals surface area contributed by atoms with Crippen molar-refractivity contribution in [2.45, 2.75) is 18.2 Å². The molecule has 0 atom stereocenters. The smallest absolute Gasteiger partial charge is 0.244 e. The first-order valence-electron chi connectivity index (χ1n) is 6.81. The number of methoxy groups -OCH3 is 1. The van der Waals surface area contributed by atoms with E-state index in [1.165, 1.54) is 7.11 Å². The number of hydrogen-bond acceptors (Lipinski definition) is 3. The predicted molar refractivity (Wildman–Crippen MR) is 88.1 cm³/mol. The van der Waals surface area contributed by atoms with Crippen molar-refractivity contribution in [3.05, 3.63) is 58.6 Å². The Labute approximate surface area is 136 Å². The van der Waals surface area contributed by atoms with Crippen LogP contribution < -0.4 is 9.46 Å². The van der Waals surface area contributed by atoms with Crippen molar-refractivity contribution < 1.29 is 13.2 Å². The Kier molecular flexibility index (Phi) is 5.45. The van der Waals surface area contributed by atoms with Gasteiger partial charge in [-0.1, -0.05) is 29.8 Å². The fraction of sp³-hybridized carbons (Fsp3) is 0.250. The molecule has 2 rings (SSSR count). The second kappa shape index (κ2) is 7.13. The third-order valence-corrected chi connectivity index (χ3v) is 4.92. The topological polar surface area (TPSA) is 55.4 Å². The molecule has 0 bridgehead atoms. The number of benzene rings is 2. The van der Waals surface area contributed by atoms with Gasteiger partial charge in [0.2, 0.25) is 10.0 Å². The average molecular weight is 340 g/mol. The van der Waals surface area contributed by atoms with E-state index in [1.54, 1.807) is 18.2 Å². The van der Waals surface area contributed by atoms with Crippen LogP contribution in [0.3, 0.4) is 0 Å². The summed E-state index contributed by atoms with van der Waals surface area (Å²) in [6, 6.07) is 12.4. The average Bonchev–Trinajstić information content (AvgIpc) is 2.47. The molecule has 0 saturated heterocycles. The molecule has 4 nitrogen and oxygen atoms in total. The van der Waals surface area contributed by atoms with Crippen molar-refractivity contribution >= 4 is 21.6 Å². The van der Waals surface area contributed by atoms with Crippen molar-refractivity contribution in [3.8, 4) is 5.75 Å². The van der Waals surface area contributed by atoms with Crippen LogP contribution in [0.1, 0.15) is 11.1 Å². The van der Waals surface area contributed by atoms with E-state index >= 15 is 0 Å². The Balaban J connectivity index is 2.10. The number of halogens is 1. The maximum absolute atomic E-state index is 12.4. The summed E-state index contributed by atoms with van der Waals surface area (Å²) in [4.78, 5) is 0.154. The van der Waals surface area contributed by atoms with Gasteiger partial charge in [-0.15, -0.1) is 0 Å². The minimum atomic E-state index is -3.61. The van der Waals surface area contributed by atoms with Gasteiger partial charge in [0, 0.05) is 11.6 Å². The van der Waals surface area contributed by atoms with Gasteiger partial charge in [0.15, 0.2) is 0 Å². The number of ether oxygens (including phenoxy) is 1. The highest BCUT2D eigenvalue weighted by Gasteiger charge is 2.19. The van der Waals surface area contributed by atoms with Crippen LogP contribution >= 0.6 is 11.6 Å². The molecule has 0 heterocycles. The van der Waals surface area contributed by atoms with E-state index < -0.39 is 10.0 Å². The molecule has 0 aromatic heterocycles. The summed E-state index contributed by atoms with van der Waals surface area (Å²) in [7, 11) is -2.16. The summed E-state index contributed by atoms with van der Waals surface area (Å²) in [6.45, 7) is 2.13. The lowest BCUT2D eigenvalue weighted by molar-refractivity contribution is 0.402. The Morgan fingerprint density at radius 3 is 2.64 bits per heavy atom. The highest BCUT2D eigenvalue weighted by atomic mass is 35.5. The van der Waals surface area contributed by atoms with Crippen molar-refractivity contribution in [2.24, 2.45) is 0 Å². The van der Waals surface area contributed by atoms with E-state index in [1.807, 2.05) is 31.2 Å². The third-order valence-electron chi connectivity index (χ3n) is 3.20. The zero-order chi connectivity index (χ0) is 16.2. The van der Waals surface area contributed by atoms with Crippen LogP contribution in [0.5, 0.6) is 5.75 Å². The number of sulfonamides is 1. The van der Waals surface area contributed by atoms with Gasteiger partial charge in [-0.2, -0.15) is 0 Å². The Morgan fingerprint density at radius 1 is 1.18 bits per heavy atom. The summed E-state index contributed by atoms with van der Waals surface area (Å²) in [5, 5.41) is 0.640. The summed E-state index contributed by atoms with van der Waals surface area (Å²) < 4.78 is 32.5. The minimum absolute atomic E-state index is 0.154. The second-order valence-corrected chi connectivity index (χ2v) is 7.10.